The molecule has 6 aliphatic rings. The van der Waals surface area contributed by atoms with E-state index in [0.29, 0.717) is 70.4 Å². The largest absolute Gasteiger partial charge is 0.392 e. The summed E-state index contributed by atoms with van der Waals surface area (Å²) in [5, 5.41) is 16.3. The van der Waals surface area contributed by atoms with Gasteiger partial charge < -0.3 is 29.7 Å². The number of carbonyl (C=O) groups excluding carboxylic acids is 4. The number of nitrogens with one attached hydrogen (secondary N) is 2. The summed E-state index contributed by atoms with van der Waals surface area (Å²) in [5.41, 5.74) is 6.34. The molecule has 0 bridgehead atoms. The number of hydrogen-bond acceptors (Lipinski definition) is 13. The fourth-order valence-electron chi connectivity index (χ4n) is 11.4. The number of aromatic nitrogens is 3. The highest BCUT2D eigenvalue weighted by Gasteiger charge is 2.40. The predicted molar refractivity (Wildman–Crippen MR) is 261 cm³/mol. The number of pyridine rings is 3. The van der Waals surface area contributed by atoms with Crippen molar-refractivity contribution in [3.05, 3.63) is 109 Å². The molecule has 0 unspecified atom stereocenters. The number of fused-ring (bicyclic) bond motifs is 4. The van der Waals surface area contributed by atoms with Crippen LogP contribution in [0, 0.1) is 0 Å². The Balaban J connectivity index is 0.741. The summed E-state index contributed by atoms with van der Waals surface area (Å²) >= 11 is 1.56. The molecule has 3 saturated heterocycles. The Morgan fingerprint density at radius 2 is 1.69 bits per heavy atom. The van der Waals surface area contributed by atoms with Gasteiger partial charge in [-0.3, -0.25) is 39.1 Å². The molecule has 2 atom stereocenters. The molecule has 3 fully saturated rings. The summed E-state index contributed by atoms with van der Waals surface area (Å²) in [7, 11) is 0. The third-order valence-corrected chi connectivity index (χ3v) is 16.3. The predicted octanol–water partition coefficient (Wildman–Crippen LogP) is 5.16. The van der Waals surface area contributed by atoms with Crippen molar-refractivity contribution in [3.63, 3.8) is 0 Å². The first kappa shape index (κ1) is 40.6. The van der Waals surface area contributed by atoms with E-state index in [1.54, 1.807) is 45.5 Å². The number of carbonyl (C=O) groups is 4. The summed E-state index contributed by atoms with van der Waals surface area (Å²) < 4.78 is 25.5. The molecule has 3 N–H and O–H groups in total. The van der Waals surface area contributed by atoms with Gasteiger partial charge in [0.2, 0.25) is 11.8 Å². The average molecular weight is 940 g/mol. The van der Waals surface area contributed by atoms with Gasteiger partial charge in [0.15, 0.2) is 0 Å². The van der Waals surface area contributed by atoms with Crippen molar-refractivity contribution in [1.29, 1.82) is 0 Å². The van der Waals surface area contributed by atoms with Crippen LogP contribution < -0.4 is 30.9 Å². The minimum atomic E-state index is -2.82. The van der Waals surface area contributed by atoms with Gasteiger partial charge >= 0.3 is 0 Å². The van der Waals surface area contributed by atoms with Crippen LogP contribution in [0.4, 0.5) is 28.7 Å². The molecule has 17 heteroatoms. The van der Waals surface area contributed by atoms with E-state index in [4.69, 9.17) is 4.11 Å². The van der Waals surface area contributed by atoms with Gasteiger partial charge in [0.25, 0.3) is 17.4 Å². The van der Waals surface area contributed by atoms with E-state index in [1.807, 2.05) is 18.2 Å². The lowest BCUT2D eigenvalue weighted by atomic mass is 9.92. The van der Waals surface area contributed by atoms with Crippen LogP contribution in [0.25, 0.3) is 11.1 Å². The summed E-state index contributed by atoms with van der Waals surface area (Å²) in [6.45, 7) is 3.98. The molecule has 16 nitrogen and oxygen atoms in total. The zero-order valence-corrected chi connectivity index (χ0v) is 38.8. The number of piperidine rings is 2. The molecule has 0 spiro atoms. The number of aliphatic hydroxyl groups excluding tert-OH is 1. The van der Waals surface area contributed by atoms with Crippen LogP contribution in [0.15, 0.2) is 65.8 Å². The lowest BCUT2D eigenvalue weighted by molar-refractivity contribution is -0.136. The van der Waals surface area contributed by atoms with Gasteiger partial charge in [-0.1, -0.05) is 0 Å². The van der Waals surface area contributed by atoms with E-state index in [9.17, 15) is 29.1 Å². The fourth-order valence-corrected chi connectivity index (χ4v) is 12.8. The molecule has 0 saturated carbocycles. The summed E-state index contributed by atoms with van der Waals surface area (Å²) in [4.78, 5) is 87.1. The Morgan fingerprint density at radius 1 is 0.853 bits per heavy atom. The van der Waals surface area contributed by atoms with Crippen molar-refractivity contribution in [3.8, 4) is 11.1 Å². The maximum Gasteiger partial charge on any atom is 0.274 e. The molecule has 5 aliphatic heterocycles. The van der Waals surface area contributed by atoms with Crippen LogP contribution in [0.1, 0.15) is 96.7 Å². The highest BCUT2D eigenvalue weighted by atomic mass is 32.1. The van der Waals surface area contributed by atoms with Crippen molar-refractivity contribution in [2.75, 3.05) is 59.3 Å². The van der Waals surface area contributed by atoms with E-state index in [-0.39, 0.29) is 35.9 Å². The van der Waals surface area contributed by atoms with Gasteiger partial charge in [-0.25, -0.2) is 9.97 Å². The number of imide groups is 1. The van der Waals surface area contributed by atoms with E-state index in [0.717, 1.165) is 98.6 Å². The molecule has 11 rings (SSSR count). The zero-order chi connectivity index (χ0) is 49.3. The third-order valence-electron chi connectivity index (χ3n) is 14.9. The van der Waals surface area contributed by atoms with E-state index >= 15 is 0 Å². The van der Waals surface area contributed by atoms with Crippen LogP contribution in [0.5, 0.6) is 0 Å². The second-order valence-electron chi connectivity index (χ2n) is 18.9. The maximum atomic E-state index is 14.0. The van der Waals surface area contributed by atoms with Gasteiger partial charge in [0, 0.05) is 115 Å². The molecule has 4 amide bonds. The quantitative estimate of drug-likeness (QED) is 0.166. The minimum Gasteiger partial charge on any atom is -0.392 e. The first-order valence-corrected chi connectivity index (χ1v) is 24.6. The van der Waals surface area contributed by atoms with Gasteiger partial charge in [0.1, 0.15) is 23.4 Å². The number of piperazine rings is 1. The van der Waals surface area contributed by atoms with E-state index in [1.165, 1.54) is 22.8 Å². The monoisotopic (exact) mass is 939 g/mol. The molecule has 4 aromatic heterocycles. The number of aliphatic hydroxyl groups is 1. The third kappa shape index (κ3) is 7.93. The number of rotatable bonds is 9. The molecule has 9 heterocycles. The first-order valence-electron chi connectivity index (χ1n) is 25.3. The molecular weight excluding hydrogens is 881 g/mol. The second kappa shape index (κ2) is 17.9. The number of hydrogen-bond donors (Lipinski definition) is 3. The molecule has 68 heavy (non-hydrogen) atoms. The fraction of sp³-hybridized carbons (Fsp3) is 0.431. The van der Waals surface area contributed by atoms with Crippen molar-refractivity contribution >= 4 is 63.7 Å². The minimum absolute atomic E-state index is 0.0142. The number of anilines is 5. The average Bonchev–Trinajstić information content (AvgIpc) is 3.91. The van der Waals surface area contributed by atoms with Crippen LogP contribution >= 0.6 is 11.3 Å². The van der Waals surface area contributed by atoms with Gasteiger partial charge in [0.05, 0.1) is 23.4 Å². The van der Waals surface area contributed by atoms with Crippen LogP contribution in [0.3, 0.4) is 0 Å². The van der Waals surface area contributed by atoms with E-state index < -0.39 is 31.1 Å². The molecule has 0 radical (unpaired) electrons. The number of aryl methyl sites for hydroxylation is 2. The van der Waals surface area contributed by atoms with E-state index in [2.05, 4.69) is 48.3 Å². The van der Waals surface area contributed by atoms with Crippen LogP contribution in [-0.4, -0.2) is 110 Å². The van der Waals surface area contributed by atoms with Crippen molar-refractivity contribution in [1.82, 2.24) is 29.7 Å². The Kier molecular flexibility index (Phi) is 10.7. The second-order valence-corrected chi connectivity index (χ2v) is 20.0. The summed E-state index contributed by atoms with van der Waals surface area (Å²) in [6, 6.07) is 12.9. The van der Waals surface area contributed by atoms with Crippen molar-refractivity contribution in [2.24, 2.45) is 6.98 Å². The maximum absolute atomic E-state index is 14.0. The molecule has 1 aliphatic carbocycles. The highest BCUT2D eigenvalue weighted by Crippen LogP contribution is 2.40. The lowest BCUT2D eigenvalue weighted by Crippen LogP contribution is -2.57. The standard InChI is InChI=1S/C51H56N10O6S/c1-30-26-58(33-14-18-57(19-15-33)34-7-9-37-31(23-34)28-61(49(37)65)42-10-12-45(63)55-48(42)64)21-22-59(30)35-8-11-44(53-25-35)54-41-24-32(27-56(2)50(41)66)36-13-17-52-47(40(36)29-62)60-20-16-39-38-5-3-4-6-43(38)68-46(39)51(60)67/h7-9,11,13,17,23-25,27,30,33,42,62H,3-6,10,12,14-16,18-22,26,28-29H2,1-2H3,(H,53,54)(H,55,63,64)/t30-,42-/m0/s1/i2D3. The van der Waals surface area contributed by atoms with Gasteiger partial charge in [-0.2, -0.15) is 0 Å². The lowest BCUT2D eigenvalue weighted by Gasteiger charge is -2.46. The molecule has 5 aromatic rings. The zero-order valence-electron chi connectivity index (χ0n) is 41.0. The van der Waals surface area contributed by atoms with Crippen molar-refractivity contribution in [2.45, 2.75) is 96.0 Å². The Hall–Kier alpha value is -6.43. The smallest absolute Gasteiger partial charge is 0.274 e. The van der Waals surface area contributed by atoms with Crippen molar-refractivity contribution < 1.29 is 28.4 Å². The highest BCUT2D eigenvalue weighted by molar-refractivity contribution is 7.14. The number of benzene rings is 1. The number of amides is 4. The molecular formula is C51H56N10O6S. The number of thiophene rings is 1. The Labute approximate surface area is 402 Å². The summed E-state index contributed by atoms with van der Waals surface area (Å²) in [6.07, 6.45) is 12.0. The number of nitrogens with zero attached hydrogens (tertiary/aromatic N) is 8. The molecule has 352 valence electrons. The van der Waals surface area contributed by atoms with Crippen LogP contribution in [0.2, 0.25) is 0 Å². The Morgan fingerprint density at radius 3 is 2.47 bits per heavy atom. The Bertz CT molecular complexity index is 3020. The SMILES string of the molecule is [2H]C([2H])([2H])n1cc(-c2ccnc(N3CCc4c(sc5c4CCCC5)C3=O)c2CO)cc(Nc2ccc(N3CCN(C4CCN(c5ccc6c(c5)CN([C@H]5CCC(=O)NC5=O)C6=O)CC4)C[C@@H]3C)cn2)c1=O. The summed E-state index contributed by atoms with van der Waals surface area (Å²) in [5.74, 6) is -0.368. The first-order chi connectivity index (χ1) is 34.2. The topological polar surface area (TPSA) is 177 Å². The van der Waals surface area contributed by atoms with Gasteiger partial charge in [-0.05, 0) is 123 Å². The normalized spacial score (nSPS) is 22.1. The van der Waals surface area contributed by atoms with Crippen LogP contribution in [-0.2, 0) is 49.0 Å². The van der Waals surface area contributed by atoms with Gasteiger partial charge in [-0.15, -0.1) is 11.3 Å². The molecule has 1 aromatic carbocycles.